The molecule has 0 saturated heterocycles. The number of ether oxygens (including phenoxy) is 4. The van der Waals surface area contributed by atoms with Gasteiger partial charge in [-0.2, -0.15) is 0 Å². The van der Waals surface area contributed by atoms with Gasteiger partial charge in [-0.3, -0.25) is 0 Å². The van der Waals surface area contributed by atoms with Crippen LogP contribution in [0.1, 0.15) is 11.1 Å². The Hall–Kier alpha value is -1.87. The zero-order chi connectivity index (χ0) is 20.9. The summed E-state index contributed by atoms with van der Waals surface area (Å²) in [5.41, 5.74) is 0.837. The van der Waals surface area contributed by atoms with E-state index in [-0.39, 0.29) is 40.9 Å². The molecule has 1 N–H and O–H groups in total. The molecule has 0 aliphatic carbocycles. The number of methoxy groups -OCH3 is 4. The number of phosphoric acid groups is 1. The topological polar surface area (TPSA) is 130 Å². The third-order valence-corrected chi connectivity index (χ3v) is 4.10. The zero-order valence-electron chi connectivity index (χ0n) is 16.6. The molecule has 11 heteroatoms. The fourth-order valence-electron chi connectivity index (χ4n) is 2.45. The first-order chi connectivity index (χ1) is 13.2. The van der Waals surface area contributed by atoms with Crippen LogP contribution in [0.25, 0.3) is 12.2 Å². The van der Waals surface area contributed by atoms with Crippen molar-refractivity contribution in [3.8, 4) is 34.5 Å². The average Bonchev–Trinajstić information content (AvgIpc) is 2.66. The second kappa shape index (κ2) is 10.8. The number of phenols is 1. The molecule has 2 aromatic rings. The fraction of sp³-hybridized carbons (Fsp3) is 0.222. The summed E-state index contributed by atoms with van der Waals surface area (Å²) in [6.07, 6.45) is 3.10. The van der Waals surface area contributed by atoms with E-state index >= 15 is 0 Å². The third kappa shape index (κ3) is 6.30. The molecule has 0 amide bonds. The minimum Gasteiger partial charge on any atom is -0.780 e. The predicted molar refractivity (Wildman–Crippen MR) is 97.9 cm³/mol. The summed E-state index contributed by atoms with van der Waals surface area (Å²) in [6.45, 7) is 0. The summed E-state index contributed by atoms with van der Waals surface area (Å²) < 4.78 is 36.0. The van der Waals surface area contributed by atoms with Gasteiger partial charge >= 0.3 is 29.6 Å². The van der Waals surface area contributed by atoms with Gasteiger partial charge in [0, 0.05) is 5.56 Å². The summed E-state index contributed by atoms with van der Waals surface area (Å²) in [4.78, 5) is 21.9. The van der Waals surface area contributed by atoms with Crippen molar-refractivity contribution in [1.29, 1.82) is 0 Å². The van der Waals surface area contributed by atoms with Gasteiger partial charge in [0.1, 0.15) is 7.82 Å². The number of aromatic hydroxyl groups is 1. The number of rotatable bonds is 8. The normalized spacial score (nSPS) is 11.0. The SMILES string of the molecule is COc1cc(/C=C\c2ccc(OC)c(OP(=O)([O-])[O-])c2O)cc(OC)c1OC.[Na+]. The Morgan fingerprint density at radius 2 is 1.41 bits per heavy atom. The Labute approximate surface area is 190 Å². The van der Waals surface area contributed by atoms with Crippen LogP contribution in [0.4, 0.5) is 0 Å². The molecule has 0 aliphatic heterocycles. The maximum absolute atomic E-state index is 10.9. The van der Waals surface area contributed by atoms with Crippen LogP contribution in [0.3, 0.4) is 0 Å². The van der Waals surface area contributed by atoms with Crippen LogP contribution in [0, 0.1) is 0 Å². The summed E-state index contributed by atoms with van der Waals surface area (Å²) >= 11 is 0. The van der Waals surface area contributed by atoms with Gasteiger partial charge in [-0.1, -0.05) is 12.2 Å². The van der Waals surface area contributed by atoms with Crippen molar-refractivity contribution in [2.75, 3.05) is 28.4 Å². The van der Waals surface area contributed by atoms with E-state index in [4.69, 9.17) is 18.9 Å². The first-order valence-corrected chi connectivity index (χ1v) is 9.29. The molecule has 0 atom stereocenters. The summed E-state index contributed by atoms with van der Waals surface area (Å²) in [5, 5.41) is 10.3. The number of hydrogen-bond acceptors (Lipinski definition) is 9. The quantitative estimate of drug-likeness (QED) is 0.310. The molecular formula is C18H19NaO9P-. The van der Waals surface area contributed by atoms with Crippen molar-refractivity contribution in [3.63, 3.8) is 0 Å². The monoisotopic (exact) mass is 433 g/mol. The Kier molecular flexibility index (Phi) is 9.35. The largest absolute Gasteiger partial charge is 1.00 e. The Morgan fingerprint density at radius 3 is 1.86 bits per heavy atom. The maximum atomic E-state index is 10.9. The molecule has 0 spiro atoms. The van der Waals surface area contributed by atoms with Crippen LogP contribution in [-0.4, -0.2) is 33.5 Å². The van der Waals surface area contributed by atoms with E-state index in [1.165, 1.54) is 46.6 Å². The average molecular weight is 433 g/mol. The predicted octanol–water partition coefficient (Wildman–Crippen LogP) is -1.19. The standard InChI is InChI=1S/C18H21O9P.Na/c1-23-13-8-7-12(16(19)18(13)27-28(20,21)22)6-5-11-9-14(24-2)17(26-4)15(10-11)25-3;/h5-10,19H,1-4H3,(H2,20,21,22);/q;+1/p-2/b6-5-;. The Balaban J connectivity index is 0.00000420. The molecule has 9 nitrogen and oxygen atoms in total. The molecule has 0 unspecified atom stereocenters. The minimum atomic E-state index is -5.39. The molecular weight excluding hydrogens is 414 g/mol. The van der Waals surface area contributed by atoms with Crippen molar-refractivity contribution in [1.82, 2.24) is 0 Å². The minimum absolute atomic E-state index is 0. The number of phenolic OH excluding ortho intramolecular Hbond substituents is 1. The van der Waals surface area contributed by atoms with E-state index in [0.29, 0.717) is 22.8 Å². The van der Waals surface area contributed by atoms with Crippen LogP contribution in [-0.2, 0) is 4.57 Å². The van der Waals surface area contributed by atoms with E-state index in [1.807, 2.05) is 0 Å². The van der Waals surface area contributed by atoms with Crippen LogP contribution in [0.5, 0.6) is 34.5 Å². The van der Waals surface area contributed by atoms with E-state index in [2.05, 4.69) is 4.52 Å². The van der Waals surface area contributed by atoms with Gasteiger partial charge in [-0.15, -0.1) is 0 Å². The van der Waals surface area contributed by atoms with E-state index in [9.17, 15) is 19.5 Å². The van der Waals surface area contributed by atoms with Gasteiger partial charge < -0.3 is 42.9 Å². The number of benzene rings is 2. The van der Waals surface area contributed by atoms with Gasteiger partial charge in [-0.25, -0.2) is 0 Å². The van der Waals surface area contributed by atoms with E-state index < -0.39 is 19.3 Å². The number of phosphoric ester groups is 1. The maximum Gasteiger partial charge on any atom is 1.00 e. The Morgan fingerprint density at radius 1 is 0.862 bits per heavy atom. The molecule has 152 valence electrons. The van der Waals surface area contributed by atoms with Gasteiger partial charge in [0.25, 0.3) is 0 Å². The van der Waals surface area contributed by atoms with Crippen LogP contribution in [0.2, 0.25) is 0 Å². The molecule has 0 aliphatic rings. The van der Waals surface area contributed by atoms with Gasteiger partial charge in [0.05, 0.1) is 28.4 Å². The van der Waals surface area contributed by atoms with Crippen molar-refractivity contribution in [3.05, 3.63) is 35.4 Å². The Bertz CT molecular complexity index is 899. The molecule has 0 aromatic heterocycles. The van der Waals surface area contributed by atoms with Gasteiger partial charge in [-0.05, 0) is 29.8 Å². The second-order valence-corrected chi connectivity index (χ2v) is 6.44. The molecule has 2 rings (SSSR count). The molecule has 0 bridgehead atoms. The molecule has 2 aromatic carbocycles. The van der Waals surface area contributed by atoms with Crippen molar-refractivity contribution >= 4 is 20.0 Å². The fourth-order valence-corrected chi connectivity index (χ4v) is 2.85. The first-order valence-electron chi connectivity index (χ1n) is 7.83. The third-order valence-electron chi connectivity index (χ3n) is 3.69. The van der Waals surface area contributed by atoms with Crippen molar-refractivity contribution < 1.29 is 72.5 Å². The second-order valence-electron chi connectivity index (χ2n) is 5.37. The van der Waals surface area contributed by atoms with Crippen LogP contribution >= 0.6 is 7.82 Å². The summed E-state index contributed by atoms with van der Waals surface area (Å²) in [5.74, 6) is 0.0465. The van der Waals surface area contributed by atoms with Gasteiger partial charge in [0.15, 0.2) is 23.0 Å². The molecule has 0 fully saturated rings. The molecule has 0 saturated carbocycles. The van der Waals surface area contributed by atoms with E-state index in [1.54, 1.807) is 18.2 Å². The number of hydrogen-bond donors (Lipinski definition) is 1. The molecule has 0 radical (unpaired) electrons. The first kappa shape index (κ1) is 25.2. The summed E-state index contributed by atoms with van der Waals surface area (Å²) in [7, 11) is 0.294. The summed E-state index contributed by atoms with van der Waals surface area (Å²) in [6, 6.07) is 6.19. The smallest absolute Gasteiger partial charge is 0.780 e. The van der Waals surface area contributed by atoms with Crippen molar-refractivity contribution in [2.24, 2.45) is 0 Å². The van der Waals surface area contributed by atoms with E-state index in [0.717, 1.165) is 0 Å². The van der Waals surface area contributed by atoms with Gasteiger partial charge in [0.2, 0.25) is 11.5 Å². The molecule has 29 heavy (non-hydrogen) atoms. The zero-order valence-corrected chi connectivity index (χ0v) is 19.5. The molecule has 0 heterocycles. The van der Waals surface area contributed by atoms with Crippen LogP contribution < -0.4 is 62.8 Å². The van der Waals surface area contributed by atoms with Crippen molar-refractivity contribution in [2.45, 2.75) is 0 Å². The van der Waals surface area contributed by atoms with Crippen LogP contribution in [0.15, 0.2) is 24.3 Å².